The van der Waals surface area contributed by atoms with Crippen LogP contribution in [0.15, 0.2) is 18.3 Å². The highest BCUT2D eigenvalue weighted by Crippen LogP contribution is 2.22. The Bertz CT molecular complexity index is 396. The van der Waals surface area contributed by atoms with Crippen molar-refractivity contribution in [1.29, 1.82) is 0 Å². The molecule has 2 nitrogen and oxygen atoms in total. The number of fused-ring (bicyclic) bond motifs is 1. The Balaban J connectivity index is 2.91. The third-order valence-corrected chi connectivity index (χ3v) is 1.79. The zero-order valence-electron chi connectivity index (χ0n) is 5.44. The van der Waals surface area contributed by atoms with Crippen LogP contribution >= 0.6 is 11.6 Å². The molecular weight excluding hydrogens is 167 g/mol. The summed E-state index contributed by atoms with van der Waals surface area (Å²) >= 11 is 5.70. The van der Waals surface area contributed by atoms with E-state index in [2.05, 4.69) is 10.2 Å². The van der Waals surface area contributed by atoms with Gasteiger partial charge in [-0.2, -0.15) is 5.10 Å². The molecule has 2 aromatic rings. The number of hydrogen-bond donors (Lipinski definition) is 1. The van der Waals surface area contributed by atoms with Gasteiger partial charge in [0.1, 0.15) is 5.82 Å². The molecule has 1 aromatic heterocycles. The second-order valence-corrected chi connectivity index (χ2v) is 2.63. The molecule has 1 N–H and O–H groups in total. The number of H-pyrrole nitrogens is 1. The molecule has 4 heteroatoms. The fourth-order valence-corrected chi connectivity index (χ4v) is 1.23. The van der Waals surface area contributed by atoms with Crippen LogP contribution < -0.4 is 0 Å². The van der Waals surface area contributed by atoms with E-state index in [-0.39, 0.29) is 5.82 Å². The lowest BCUT2D eigenvalue weighted by molar-refractivity contribution is 0.629. The number of aromatic nitrogens is 2. The van der Waals surface area contributed by atoms with Crippen LogP contribution in [0.25, 0.3) is 10.9 Å². The monoisotopic (exact) mass is 170 g/mol. The van der Waals surface area contributed by atoms with Crippen molar-refractivity contribution in [2.24, 2.45) is 0 Å². The quantitative estimate of drug-likeness (QED) is 0.646. The molecule has 0 bridgehead atoms. The fourth-order valence-electron chi connectivity index (χ4n) is 0.975. The van der Waals surface area contributed by atoms with E-state index >= 15 is 0 Å². The van der Waals surface area contributed by atoms with Crippen LogP contribution in [-0.2, 0) is 0 Å². The lowest BCUT2D eigenvalue weighted by atomic mass is 10.2. The molecule has 0 atom stereocenters. The minimum Gasteiger partial charge on any atom is -0.278 e. The van der Waals surface area contributed by atoms with Gasteiger partial charge in [0.2, 0.25) is 0 Å². The minimum atomic E-state index is -0.355. The molecule has 0 radical (unpaired) electrons. The Kier molecular flexibility index (Phi) is 1.32. The van der Waals surface area contributed by atoms with Gasteiger partial charge < -0.3 is 0 Å². The number of rotatable bonds is 0. The van der Waals surface area contributed by atoms with Gasteiger partial charge in [-0.05, 0) is 12.1 Å². The number of nitrogens with one attached hydrogen (secondary N) is 1. The van der Waals surface area contributed by atoms with E-state index in [0.717, 1.165) is 5.39 Å². The number of aromatic amines is 1. The second kappa shape index (κ2) is 2.20. The molecule has 1 aromatic carbocycles. The van der Waals surface area contributed by atoms with Crippen molar-refractivity contribution in [3.63, 3.8) is 0 Å². The van der Waals surface area contributed by atoms with Crippen LogP contribution in [0.1, 0.15) is 0 Å². The van der Waals surface area contributed by atoms with Gasteiger partial charge in [-0.1, -0.05) is 11.6 Å². The summed E-state index contributed by atoms with van der Waals surface area (Å²) in [4.78, 5) is 0. The SMILES string of the molecule is Fc1cc(Cl)c2cn[nH]c2c1. The average Bonchev–Trinajstić information content (AvgIpc) is 2.34. The van der Waals surface area contributed by atoms with E-state index in [9.17, 15) is 4.39 Å². The predicted molar refractivity (Wildman–Crippen MR) is 41.1 cm³/mol. The van der Waals surface area contributed by atoms with Crippen LogP contribution in [0, 0.1) is 5.82 Å². The zero-order chi connectivity index (χ0) is 7.84. The summed E-state index contributed by atoms with van der Waals surface area (Å²) in [6.45, 7) is 0. The molecule has 0 fully saturated rings. The second-order valence-electron chi connectivity index (χ2n) is 2.22. The summed E-state index contributed by atoms with van der Waals surface area (Å²) in [5, 5.41) is 7.48. The first-order valence-electron chi connectivity index (χ1n) is 3.05. The fraction of sp³-hybridized carbons (Fsp3) is 0. The molecule has 0 aliphatic heterocycles. The Morgan fingerprint density at radius 1 is 1.45 bits per heavy atom. The first-order chi connectivity index (χ1) is 5.27. The number of benzene rings is 1. The van der Waals surface area contributed by atoms with Crippen molar-refractivity contribution in [2.45, 2.75) is 0 Å². The summed E-state index contributed by atoms with van der Waals surface area (Å²) in [6, 6.07) is 2.62. The summed E-state index contributed by atoms with van der Waals surface area (Å²) < 4.78 is 12.6. The first-order valence-corrected chi connectivity index (χ1v) is 3.43. The van der Waals surface area contributed by atoms with Gasteiger partial charge >= 0.3 is 0 Å². The van der Waals surface area contributed by atoms with Crippen molar-refractivity contribution < 1.29 is 4.39 Å². The first kappa shape index (κ1) is 6.61. The van der Waals surface area contributed by atoms with E-state index in [1.165, 1.54) is 12.1 Å². The van der Waals surface area contributed by atoms with Gasteiger partial charge in [0.15, 0.2) is 0 Å². The molecule has 1 heterocycles. The van der Waals surface area contributed by atoms with Crippen LogP contribution in [-0.4, -0.2) is 10.2 Å². The lowest BCUT2D eigenvalue weighted by Gasteiger charge is -1.91. The Morgan fingerprint density at radius 3 is 3.09 bits per heavy atom. The van der Waals surface area contributed by atoms with Gasteiger partial charge in [0, 0.05) is 5.39 Å². The van der Waals surface area contributed by atoms with E-state index in [1.807, 2.05) is 0 Å². The maximum absolute atomic E-state index is 12.6. The van der Waals surface area contributed by atoms with Crippen LogP contribution in [0.3, 0.4) is 0 Å². The number of halogens is 2. The van der Waals surface area contributed by atoms with Gasteiger partial charge in [-0.3, -0.25) is 5.10 Å². The molecule has 2 rings (SSSR count). The number of hydrogen-bond acceptors (Lipinski definition) is 1. The Morgan fingerprint density at radius 2 is 2.27 bits per heavy atom. The largest absolute Gasteiger partial charge is 0.278 e. The third kappa shape index (κ3) is 0.973. The summed E-state index contributed by atoms with van der Waals surface area (Å²) in [6.07, 6.45) is 1.57. The molecule has 0 saturated carbocycles. The van der Waals surface area contributed by atoms with E-state index < -0.39 is 0 Å². The summed E-state index contributed by atoms with van der Waals surface area (Å²) in [5.74, 6) is -0.355. The Hall–Kier alpha value is -1.09. The smallest absolute Gasteiger partial charge is 0.126 e. The van der Waals surface area contributed by atoms with Crippen molar-refractivity contribution in [1.82, 2.24) is 10.2 Å². The van der Waals surface area contributed by atoms with E-state index in [1.54, 1.807) is 6.20 Å². The molecule has 0 unspecified atom stereocenters. The maximum atomic E-state index is 12.6. The third-order valence-electron chi connectivity index (χ3n) is 1.47. The topological polar surface area (TPSA) is 28.7 Å². The zero-order valence-corrected chi connectivity index (χ0v) is 6.19. The average molecular weight is 171 g/mol. The van der Waals surface area contributed by atoms with Crippen molar-refractivity contribution >= 4 is 22.5 Å². The summed E-state index contributed by atoms with van der Waals surface area (Å²) in [5.41, 5.74) is 0.620. The minimum absolute atomic E-state index is 0.355. The van der Waals surface area contributed by atoms with Crippen molar-refractivity contribution in [2.75, 3.05) is 0 Å². The molecule has 0 aliphatic rings. The summed E-state index contributed by atoms with van der Waals surface area (Å²) in [7, 11) is 0. The van der Waals surface area contributed by atoms with Crippen LogP contribution in [0.4, 0.5) is 4.39 Å². The molecule has 0 aliphatic carbocycles. The van der Waals surface area contributed by atoms with Gasteiger partial charge in [-0.15, -0.1) is 0 Å². The number of nitrogens with zero attached hydrogens (tertiary/aromatic N) is 1. The van der Waals surface area contributed by atoms with Crippen LogP contribution in [0.5, 0.6) is 0 Å². The van der Waals surface area contributed by atoms with E-state index in [4.69, 9.17) is 11.6 Å². The normalized spacial score (nSPS) is 10.7. The van der Waals surface area contributed by atoms with Crippen molar-refractivity contribution in [3.8, 4) is 0 Å². The van der Waals surface area contributed by atoms with Crippen LogP contribution in [0.2, 0.25) is 5.02 Å². The predicted octanol–water partition coefficient (Wildman–Crippen LogP) is 2.36. The highest BCUT2D eigenvalue weighted by atomic mass is 35.5. The highest BCUT2D eigenvalue weighted by Gasteiger charge is 2.02. The van der Waals surface area contributed by atoms with E-state index in [0.29, 0.717) is 10.5 Å². The molecule has 56 valence electrons. The van der Waals surface area contributed by atoms with Gasteiger partial charge in [0.25, 0.3) is 0 Å². The molecular formula is C7H4ClFN2. The molecule has 11 heavy (non-hydrogen) atoms. The van der Waals surface area contributed by atoms with Crippen molar-refractivity contribution in [3.05, 3.63) is 29.2 Å². The molecule has 0 spiro atoms. The maximum Gasteiger partial charge on any atom is 0.126 e. The molecule has 0 saturated heterocycles. The molecule has 0 amide bonds. The lowest BCUT2D eigenvalue weighted by Crippen LogP contribution is -1.75. The standard InChI is InChI=1S/C7H4ClFN2/c8-6-1-4(9)2-7-5(6)3-10-11-7/h1-3H,(H,10,11). The van der Waals surface area contributed by atoms with Gasteiger partial charge in [0.05, 0.1) is 16.7 Å². The Labute approximate surface area is 67.0 Å². The highest BCUT2D eigenvalue weighted by molar-refractivity contribution is 6.35. The van der Waals surface area contributed by atoms with Gasteiger partial charge in [-0.25, -0.2) is 4.39 Å².